The highest BCUT2D eigenvalue weighted by atomic mass is 32.2. The van der Waals surface area contributed by atoms with Gasteiger partial charge in [-0.3, -0.25) is 15.4 Å². The average molecular weight is 549 g/mol. The molecule has 2 N–H and O–H groups in total. The molecule has 7 rings (SSSR count). The van der Waals surface area contributed by atoms with Crippen molar-refractivity contribution in [3.63, 3.8) is 0 Å². The van der Waals surface area contributed by atoms with Gasteiger partial charge in [-0.15, -0.1) is 0 Å². The number of amidine groups is 2. The van der Waals surface area contributed by atoms with Crippen LogP contribution in [-0.2, 0) is 24.8 Å². The summed E-state index contributed by atoms with van der Waals surface area (Å²) >= 11 is 1.99. The summed E-state index contributed by atoms with van der Waals surface area (Å²) in [6.45, 7) is 10.1. The first-order chi connectivity index (χ1) is 18.9. The van der Waals surface area contributed by atoms with Gasteiger partial charge in [-0.25, -0.2) is 4.99 Å². The van der Waals surface area contributed by atoms with Crippen molar-refractivity contribution in [2.24, 2.45) is 22.6 Å². The summed E-state index contributed by atoms with van der Waals surface area (Å²) in [4.78, 5) is 10.2. The number of piperidine rings is 1. The van der Waals surface area contributed by atoms with E-state index in [-0.39, 0.29) is 11.7 Å². The van der Waals surface area contributed by atoms with Gasteiger partial charge >= 0.3 is 0 Å². The number of hydrazone groups is 1. The number of aromatic nitrogens is 2. The van der Waals surface area contributed by atoms with Gasteiger partial charge in [-0.2, -0.15) is 22.0 Å². The standard InChI is InChI=1S/C29H40N8OS/c1-19-25(39-4)29(18-38-19)8-11-36(12-9-29)24-15-30-28(2)26(32-24)33-34-27(28)37-10-7-20-5-6-21(13-22(20)17-37)23-14-31-35(3)16-23/h5-6,13-14,16,19,25-26,30,33H,7-12,15,17-18H2,1-4H3/t19-,25+,26?,28?/m0/s1. The third-order valence-electron chi connectivity index (χ3n) is 9.79. The Balaban J connectivity index is 1.04. The molecular weight excluding hydrogens is 508 g/mol. The summed E-state index contributed by atoms with van der Waals surface area (Å²) in [5, 5.41) is 13.7. The van der Waals surface area contributed by atoms with Crippen molar-refractivity contribution in [2.75, 3.05) is 39.0 Å². The second-order valence-corrected chi connectivity index (χ2v) is 13.1. The number of ether oxygens (including phenoxy) is 1. The van der Waals surface area contributed by atoms with Crippen LogP contribution in [0.3, 0.4) is 0 Å². The zero-order chi connectivity index (χ0) is 26.8. The maximum absolute atomic E-state index is 6.11. The predicted octanol–water partition coefficient (Wildman–Crippen LogP) is 2.68. The van der Waals surface area contributed by atoms with Gasteiger partial charge < -0.3 is 14.5 Å². The van der Waals surface area contributed by atoms with Crippen LogP contribution in [-0.4, -0.2) is 93.4 Å². The topological polar surface area (TPSA) is 82.3 Å². The van der Waals surface area contributed by atoms with Crippen molar-refractivity contribution in [2.45, 2.75) is 62.7 Å². The first-order valence-electron chi connectivity index (χ1n) is 14.3. The lowest BCUT2D eigenvalue weighted by molar-refractivity contribution is 0.0835. The highest BCUT2D eigenvalue weighted by Crippen LogP contribution is 2.47. The van der Waals surface area contributed by atoms with Crippen LogP contribution in [0.15, 0.2) is 40.7 Å². The molecule has 0 aliphatic carbocycles. The highest BCUT2D eigenvalue weighted by molar-refractivity contribution is 7.99. The SMILES string of the molecule is CS[C@@H]1[C@H](C)OCC12CCN(C1=NC3NN=C(N4CCc5ccc(-c6cnn(C)c6)cc5C4)C3(C)NC1)CC2. The predicted molar refractivity (Wildman–Crippen MR) is 157 cm³/mol. The van der Waals surface area contributed by atoms with E-state index in [0.29, 0.717) is 16.8 Å². The zero-order valence-electron chi connectivity index (χ0n) is 23.5. The highest BCUT2D eigenvalue weighted by Gasteiger charge is 2.51. The van der Waals surface area contributed by atoms with Crippen molar-refractivity contribution in [1.82, 2.24) is 30.3 Å². The molecule has 5 aliphatic heterocycles. The molecule has 5 aliphatic rings. The molecule has 0 bridgehead atoms. The summed E-state index contributed by atoms with van der Waals surface area (Å²) in [6.07, 6.45) is 9.88. The Bertz CT molecular complexity index is 1310. The molecule has 4 atom stereocenters. The molecule has 0 amide bonds. The lowest BCUT2D eigenvalue weighted by Gasteiger charge is -2.46. The first kappa shape index (κ1) is 25.4. The normalized spacial score (nSPS) is 31.5. The van der Waals surface area contributed by atoms with Gasteiger partial charge in [0.25, 0.3) is 0 Å². The Kier molecular flexibility index (Phi) is 6.20. The molecule has 2 unspecified atom stereocenters. The Morgan fingerprint density at radius 2 is 1.95 bits per heavy atom. The minimum absolute atomic E-state index is 0.0935. The molecule has 6 heterocycles. The number of aliphatic imine (C=N–C) groups is 1. The molecule has 2 fully saturated rings. The average Bonchev–Trinajstić information content (AvgIpc) is 3.63. The summed E-state index contributed by atoms with van der Waals surface area (Å²) in [5.74, 6) is 2.24. The second-order valence-electron chi connectivity index (χ2n) is 12.1. The molecule has 1 spiro atoms. The number of hydrogen-bond acceptors (Lipinski definition) is 9. The smallest absolute Gasteiger partial charge is 0.161 e. The number of fused-ring (bicyclic) bond motifs is 2. The fourth-order valence-corrected chi connectivity index (χ4v) is 8.67. The molecule has 1 aromatic heterocycles. The Morgan fingerprint density at radius 3 is 2.72 bits per heavy atom. The number of aryl methyl sites for hydroxylation is 1. The molecule has 2 saturated heterocycles. The van der Waals surface area contributed by atoms with Gasteiger partial charge in [0.15, 0.2) is 6.17 Å². The summed E-state index contributed by atoms with van der Waals surface area (Å²) < 4.78 is 7.96. The molecular formula is C29H40N8OS. The van der Waals surface area contributed by atoms with Gasteiger partial charge in [0.05, 0.1) is 25.5 Å². The molecule has 1 aromatic carbocycles. The third kappa shape index (κ3) is 4.17. The maximum atomic E-state index is 6.11. The summed E-state index contributed by atoms with van der Waals surface area (Å²) in [6, 6.07) is 6.83. The van der Waals surface area contributed by atoms with Crippen molar-refractivity contribution in [3.05, 3.63) is 41.7 Å². The zero-order valence-corrected chi connectivity index (χ0v) is 24.3. The van der Waals surface area contributed by atoms with Crippen LogP contribution >= 0.6 is 11.8 Å². The number of benzene rings is 1. The minimum atomic E-state index is -0.322. The minimum Gasteiger partial charge on any atom is -0.377 e. The van der Waals surface area contributed by atoms with Crippen LogP contribution in [0.5, 0.6) is 0 Å². The van der Waals surface area contributed by atoms with Crippen LogP contribution in [0.4, 0.5) is 0 Å². The van der Waals surface area contributed by atoms with E-state index in [0.717, 1.165) is 63.0 Å². The van der Waals surface area contributed by atoms with Gasteiger partial charge in [0.2, 0.25) is 0 Å². The number of likely N-dealkylation sites (tertiary alicyclic amines) is 1. The fourth-order valence-electron chi connectivity index (χ4n) is 7.41. The number of nitrogens with one attached hydrogen (secondary N) is 2. The van der Waals surface area contributed by atoms with Crippen LogP contribution in [0.25, 0.3) is 11.1 Å². The van der Waals surface area contributed by atoms with E-state index in [1.807, 2.05) is 29.7 Å². The maximum Gasteiger partial charge on any atom is 0.161 e. The van der Waals surface area contributed by atoms with Crippen molar-refractivity contribution in [1.29, 1.82) is 0 Å². The first-order valence-corrected chi connectivity index (χ1v) is 15.6. The molecule has 2 aromatic rings. The number of hydrogen-bond donors (Lipinski definition) is 2. The van der Waals surface area contributed by atoms with E-state index in [4.69, 9.17) is 14.8 Å². The third-order valence-corrected chi connectivity index (χ3v) is 11.2. The number of nitrogens with zero attached hydrogens (tertiary/aromatic N) is 6. The van der Waals surface area contributed by atoms with Gasteiger partial charge in [0.1, 0.15) is 17.2 Å². The summed E-state index contributed by atoms with van der Waals surface area (Å²) in [7, 11) is 1.96. The van der Waals surface area contributed by atoms with E-state index in [1.54, 1.807) is 0 Å². The van der Waals surface area contributed by atoms with Crippen molar-refractivity contribution in [3.8, 4) is 11.1 Å². The van der Waals surface area contributed by atoms with E-state index < -0.39 is 0 Å². The summed E-state index contributed by atoms with van der Waals surface area (Å²) in [5.41, 5.74) is 8.55. The van der Waals surface area contributed by atoms with E-state index in [9.17, 15) is 0 Å². The van der Waals surface area contributed by atoms with Gasteiger partial charge in [-0.05, 0) is 62.1 Å². The van der Waals surface area contributed by atoms with Crippen LogP contribution in [0, 0.1) is 5.41 Å². The number of thioether (sulfide) groups is 1. The fraction of sp³-hybridized carbons (Fsp3) is 0.621. The largest absolute Gasteiger partial charge is 0.377 e. The second kappa shape index (κ2) is 9.52. The Labute approximate surface area is 235 Å². The quantitative estimate of drug-likeness (QED) is 0.597. The molecule has 39 heavy (non-hydrogen) atoms. The lowest BCUT2D eigenvalue weighted by atomic mass is 9.76. The molecule has 10 heteroatoms. The van der Waals surface area contributed by atoms with E-state index in [2.05, 4.69) is 70.1 Å². The Morgan fingerprint density at radius 1 is 1.10 bits per heavy atom. The van der Waals surface area contributed by atoms with Crippen LogP contribution in [0.1, 0.15) is 37.8 Å². The monoisotopic (exact) mass is 548 g/mol. The lowest BCUT2D eigenvalue weighted by Crippen LogP contribution is -2.66. The van der Waals surface area contributed by atoms with Crippen molar-refractivity contribution >= 4 is 23.4 Å². The molecule has 9 nitrogen and oxygen atoms in total. The number of rotatable bonds is 2. The van der Waals surface area contributed by atoms with Crippen LogP contribution in [0.2, 0.25) is 0 Å². The molecule has 208 valence electrons. The Hall–Kier alpha value is -2.56. The van der Waals surface area contributed by atoms with Crippen molar-refractivity contribution < 1.29 is 4.74 Å². The van der Waals surface area contributed by atoms with Gasteiger partial charge in [-0.1, -0.05) is 12.1 Å². The van der Waals surface area contributed by atoms with Crippen LogP contribution < -0.4 is 10.7 Å². The van der Waals surface area contributed by atoms with E-state index in [1.165, 1.54) is 29.5 Å². The molecule has 0 saturated carbocycles. The van der Waals surface area contributed by atoms with Gasteiger partial charge in [0, 0.05) is 55.7 Å². The molecule has 0 radical (unpaired) electrons. The van der Waals surface area contributed by atoms with E-state index >= 15 is 0 Å².